The predicted molar refractivity (Wildman–Crippen MR) is 103 cm³/mol. The van der Waals surface area contributed by atoms with Gasteiger partial charge in [0.2, 0.25) is 5.91 Å². The highest BCUT2D eigenvalue weighted by Crippen LogP contribution is 2.37. The largest absolute Gasteiger partial charge is 0.374 e. The maximum atomic E-state index is 12.4. The van der Waals surface area contributed by atoms with Crippen molar-refractivity contribution in [2.75, 3.05) is 23.8 Å². The van der Waals surface area contributed by atoms with E-state index in [1.807, 2.05) is 37.4 Å². The van der Waals surface area contributed by atoms with E-state index in [0.717, 1.165) is 30.0 Å². The van der Waals surface area contributed by atoms with Crippen LogP contribution < -0.4 is 10.2 Å². The lowest BCUT2D eigenvalue weighted by molar-refractivity contribution is -0.116. The molecule has 0 saturated heterocycles. The quantitative estimate of drug-likeness (QED) is 0.813. The van der Waals surface area contributed by atoms with Gasteiger partial charge in [0.05, 0.1) is 5.56 Å². The van der Waals surface area contributed by atoms with Crippen LogP contribution in [0.4, 0.5) is 10.7 Å². The minimum atomic E-state index is -0.0318. The Morgan fingerprint density at radius 2 is 2.00 bits per heavy atom. The summed E-state index contributed by atoms with van der Waals surface area (Å²) < 4.78 is 0. The van der Waals surface area contributed by atoms with Gasteiger partial charge in [-0.2, -0.15) is 5.26 Å². The number of rotatable bonds is 5. The van der Waals surface area contributed by atoms with Gasteiger partial charge in [-0.15, -0.1) is 11.3 Å². The van der Waals surface area contributed by atoms with Crippen LogP contribution in [-0.4, -0.2) is 19.5 Å². The van der Waals surface area contributed by atoms with Crippen molar-refractivity contribution < 1.29 is 4.79 Å². The van der Waals surface area contributed by atoms with Crippen molar-refractivity contribution in [2.45, 2.75) is 38.5 Å². The number of nitrogens with one attached hydrogen (secondary N) is 1. The number of carbonyl (C=O) groups is 1. The lowest BCUT2D eigenvalue weighted by Gasteiger charge is -2.18. The standard InChI is InChI=1S/C20H23N3OS/c1-23(15-8-4-2-5-9-15)13-12-19(24)22-20-17(14-21)16-10-6-3-7-11-18(16)25-20/h2,4-5,8-9H,3,6-7,10-13H2,1H3,(H,22,24). The average Bonchev–Trinajstić information content (AvgIpc) is 2.79. The van der Waals surface area contributed by atoms with Crippen LogP contribution in [0.2, 0.25) is 0 Å². The summed E-state index contributed by atoms with van der Waals surface area (Å²) in [4.78, 5) is 15.7. The Bertz CT molecular complexity index is 776. The zero-order valence-electron chi connectivity index (χ0n) is 14.5. The fraction of sp³-hybridized carbons (Fsp3) is 0.400. The number of para-hydroxylation sites is 1. The molecule has 2 aromatic rings. The number of thiophene rings is 1. The molecule has 0 unspecified atom stereocenters. The zero-order valence-corrected chi connectivity index (χ0v) is 15.4. The number of amides is 1. The molecular formula is C20H23N3OS. The van der Waals surface area contributed by atoms with Crippen molar-refractivity contribution >= 4 is 27.9 Å². The summed E-state index contributed by atoms with van der Waals surface area (Å²) in [5, 5.41) is 13.2. The molecule has 0 aliphatic heterocycles. The lowest BCUT2D eigenvalue weighted by atomic mass is 10.1. The van der Waals surface area contributed by atoms with E-state index in [2.05, 4.69) is 16.3 Å². The second-order valence-corrected chi connectivity index (χ2v) is 7.54. The Hall–Kier alpha value is -2.32. The minimum Gasteiger partial charge on any atom is -0.374 e. The molecule has 1 aliphatic carbocycles. The molecule has 1 aliphatic rings. The van der Waals surface area contributed by atoms with Crippen LogP contribution in [0.3, 0.4) is 0 Å². The Morgan fingerprint density at radius 1 is 1.24 bits per heavy atom. The van der Waals surface area contributed by atoms with E-state index in [1.54, 1.807) is 11.3 Å². The highest BCUT2D eigenvalue weighted by molar-refractivity contribution is 7.16. The molecule has 4 nitrogen and oxygen atoms in total. The Kier molecular flexibility index (Phi) is 5.72. The van der Waals surface area contributed by atoms with E-state index in [-0.39, 0.29) is 5.91 Å². The third-order valence-corrected chi connectivity index (χ3v) is 5.86. The van der Waals surface area contributed by atoms with Crippen molar-refractivity contribution in [3.8, 4) is 6.07 Å². The predicted octanol–water partition coefficient (Wildman–Crippen LogP) is 4.35. The van der Waals surface area contributed by atoms with Crippen LogP contribution in [0.5, 0.6) is 0 Å². The van der Waals surface area contributed by atoms with Gasteiger partial charge < -0.3 is 10.2 Å². The molecule has 0 saturated carbocycles. The molecule has 1 aromatic carbocycles. The first-order chi connectivity index (χ1) is 12.2. The van der Waals surface area contributed by atoms with E-state index >= 15 is 0 Å². The van der Waals surface area contributed by atoms with Gasteiger partial charge >= 0.3 is 0 Å². The van der Waals surface area contributed by atoms with E-state index in [9.17, 15) is 10.1 Å². The number of nitriles is 1. The fourth-order valence-corrected chi connectivity index (χ4v) is 4.47. The summed E-state index contributed by atoms with van der Waals surface area (Å²) >= 11 is 1.59. The molecule has 5 heteroatoms. The third kappa shape index (κ3) is 4.21. The molecule has 1 heterocycles. The number of hydrogen-bond donors (Lipinski definition) is 1. The molecule has 130 valence electrons. The van der Waals surface area contributed by atoms with Gasteiger partial charge in [-0.3, -0.25) is 4.79 Å². The number of hydrogen-bond acceptors (Lipinski definition) is 4. The molecule has 0 radical (unpaired) electrons. The highest BCUT2D eigenvalue weighted by atomic mass is 32.1. The normalized spacial score (nSPS) is 13.4. The average molecular weight is 353 g/mol. The van der Waals surface area contributed by atoms with Crippen LogP contribution in [0, 0.1) is 11.3 Å². The van der Waals surface area contributed by atoms with Gasteiger partial charge in [0.1, 0.15) is 11.1 Å². The maximum Gasteiger partial charge on any atom is 0.226 e. The molecule has 0 fully saturated rings. The lowest BCUT2D eigenvalue weighted by Crippen LogP contribution is -2.23. The van der Waals surface area contributed by atoms with Crippen LogP contribution in [0.25, 0.3) is 0 Å². The van der Waals surface area contributed by atoms with Crippen molar-refractivity contribution in [1.29, 1.82) is 5.26 Å². The Balaban J connectivity index is 1.62. The van der Waals surface area contributed by atoms with E-state index in [4.69, 9.17) is 0 Å². The molecular weight excluding hydrogens is 330 g/mol. The fourth-order valence-electron chi connectivity index (χ4n) is 3.22. The summed E-state index contributed by atoms with van der Waals surface area (Å²) in [6.45, 7) is 0.642. The third-order valence-electron chi connectivity index (χ3n) is 4.66. The zero-order chi connectivity index (χ0) is 17.6. The highest BCUT2D eigenvalue weighted by Gasteiger charge is 2.21. The molecule has 0 bridgehead atoms. The molecule has 3 rings (SSSR count). The van der Waals surface area contributed by atoms with Gasteiger partial charge in [0.25, 0.3) is 0 Å². The van der Waals surface area contributed by atoms with Crippen LogP contribution in [-0.2, 0) is 17.6 Å². The molecule has 0 spiro atoms. The monoisotopic (exact) mass is 353 g/mol. The number of benzene rings is 1. The van der Waals surface area contributed by atoms with E-state index in [0.29, 0.717) is 18.5 Å². The minimum absolute atomic E-state index is 0.0318. The molecule has 0 atom stereocenters. The van der Waals surface area contributed by atoms with Gasteiger partial charge in [-0.1, -0.05) is 24.6 Å². The Morgan fingerprint density at radius 3 is 2.76 bits per heavy atom. The summed E-state index contributed by atoms with van der Waals surface area (Å²) in [6.07, 6.45) is 5.92. The van der Waals surface area contributed by atoms with Crippen LogP contribution in [0.15, 0.2) is 30.3 Å². The van der Waals surface area contributed by atoms with Gasteiger partial charge in [0.15, 0.2) is 0 Å². The molecule has 25 heavy (non-hydrogen) atoms. The summed E-state index contributed by atoms with van der Waals surface area (Å²) in [6, 6.07) is 12.3. The van der Waals surface area contributed by atoms with Crippen molar-refractivity contribution in [3.05, 3.63) is 46.3 Å². The van der Waals surface area contributed by atoms with Crippen molar-refractivity contribution in [1.82, 2.24) is 0 Å². The summed E-state index contributed by atoms with van der Waals surface area (Å²) in [5.41, 5.74) is 2.95. The van der Waals surface area contributed by atoms with Crippen LogP contribution in [0.1, 0.15) is 41.7 Å². The van der Waals surface area contributed by atoms with Gasteiger partial charge in [-0.25, -0.2) is 0 Å². The number of fused-ring (bicyclic) bond motifs is 1. The molecule has 1 aromatic heterocycles. The van der Waals surface area contributed by atoms with Gasteiger partial charge in [0, 0.05) is 30.6 Å². The first-order valence-corrected chi connectivity index (χ1v) is 9.61. The van der Waals surface area contributed by atoms with Gasteiger partial charge in [-0.05, 0) is 43.4 Å². The Labute approximate surface area is 153 Å². The SMILES string of the molecule is CN(CCC(=O)Nc1sc2c(c1C#N)CCCCC2)c1ccccc1. The first kappa shape index (κ1) is 17.5. The number of anilines is 2. The molecule has 1 N–H and O–H groups in total. The summed E-state index contributed by atoms with van der Waals surface area (Å²) in [5.74, 6) is -0.0318. The van der Waals surface area contributed by atoms with Crippen LogP contribution >= 0.6 is 11.3 Å². The van der Waals surface area contributed by atoms with E-state index < -0.39 is 0 Å². The van der Waals surface area contributed by atoms with E-state index in [1.165, 1.54) is 23.3 Å². The van der Waals surface area contributed by atoms with Crippen molar-refractivity contribution in [2.24, 2.45) is 0 Å². The van der Waals surface area contributed by atoms with Crippen molar-refractivity contribution in [3.63, 3.8) is 0 Å². The first-order valence-electron chi connectivity index (χ1n) is 8.79. The summed E-state index contributed by atoms with van der Waals surface area (Å²) in [7, 11) is 1.98. The number of nitrogens with zero attached hydrogens (tertiary/aromatic N) is 2. The smallest absolute Gasteiger partial charge is 0.226 e. The second-order valence-electron chi connectivity index (χ2n) is 6.44. The molecule has 1 amide bonds. The topological polar surface area (TPSA) is 56.1 Å². The second kappa shape index (κ2) is 8.17. The number of aryl methyl sites for hydroxylation is 1. The maximum absolute atomic E-state index is 12.4. The number of carbonyl (C=O) groups excluding carboxylic acids is 1.